The number of carboxylic acids is 1. The predicted octanol–water partition coefficient (Wildman–Crippen LogP) is 0.0282. The second-order valence-electron chi connectivity index (χ2n) is 2.52. The number of nitrogens with one attached hydrogen (secondary N) is 1. The minimum atomic E-state index is -1.42. The van der Waals surface area contributed by atoms with Crippen molar-refractivity contribution in [3.63, 3.8) is 0 Å². The molecule has 64 valence electrons. The summed E-state index contributed by atoms with van der Waals surface area (Å²) in [5, 5.41) is 11.3. The van der Waals surface area contributed by atoms with Gasteiger partial charge in [-0.3, -0.25) is 10.1 Å². The molecule has 0 aliphatic rings. The minimum Gasteiger partial charge on any atom is -0.480 e. The smallest absolute Gasteiger partial charge is 0.331 e. The van der Waals surface area contributed by atoms with Gasteiger partial charge in [-0.05, 0) is 20.4 Å². The first-order valence-corrected chi connectivity index (χ1v) is 3.44. The average Bonchev–Trinajstić information content (AvgIpc) is 1.87. The second kappa shape index (κ2) is 3.48. The fourth-order valence-electron chi connectivity index (χ4n) is 0.704. The highest BCUT2D eigenvalue weighted by Gasteiger charge is 2.36. The topological polar surface area (TPSA) is 66.4 Å². The molecule has 0 saturated carbocycles. The molecule has 0 spiro atoms. The summed E-state index contributed by atoms with van der Waals surface area (Å²) in [6, 6.07) is 0. The van der Waals surface area contributed by atoms with E-state index in [1.54, 1.807) is 6.92 Å². The van der Waals surface area contributed by atoms with Crippen LogP contribution < -0.4 is 5.32 Å². The van der Waals surface area contributed by atoms with Gasteiger partial charge in [0.1, 0.15) is 0 Å². The summed E-state index contributed by atoms with van der Waals surface area (Å²) in [7, 11) is 0. The molecule has 0 fully saturated rings. The summed E-state index contributed by atoms with van der Waals surface area (Å²) in [5.74, 6) is -1.52. The van der Waals surface area contributed by atoms with Crippen LogP contribution in [0.2, 0.25) is 0 Å². The first-order valence-electron chi connectivity index (χ1n) is 3.44. The fourth-order valence-corrected chi connectivity index (χ4v) is 0.704. The summed E-state index contributed by atoms with van der Waals surface area (Å²) < 4.78 is 0. The third-order valence-corrected chi connectivity index (χ3v) is 1.66. The van der Waals surface area contributed by atoms with Crippen molar-refractivity contribution in [2.24, 2.45) is 0 Å². The molecule has 2 N–H and O–H groups in total. The molecule has 0 saturated heterocycles. The van der Waals surface area contributed by atoms with Crippen LogP contribution in [0.5, 0.6) is 0 Å². The van der Waals surface area contributed by atoms with E-state index in [1.165, 1.54) is 13.8 Å². The van der Waals surface area contributed by atoms with Crippen molar-refractivity contribution in [1.82, 2.24) is 5.32 Å². The van der Waals surface area contributed by atoms with Gasteiger partial charge in [-0.25, -0.2) is 4.79 Å². The monoisotopic (exact) mass is 159 g/mol. The molecule has 1 atom stereocenters. The molecule has 0 rings (SSSR count). The third-order valence-electron chi connectivity index (χ3n) is 1.66. The number of rotatable bonds is 4. The van der Waals surface area contributed by atoms with E-state index in [2.05, 4.69) is 5.32 Å². The van der Waals surface area contributed by atoms with Crippen LogP contribution in [0.1, 0.15) is 20.8 Å². The fraction of sp³-hybridized carbons (Fsp3) is 0.714. The molecular weight excluding hydrogens is 146 g/mol. The van der Waals surface area contributed by atoms with E-state index in [1.807, 2.05) is 0 Å². The number of Topliss-reactive ketones (excluding diaryl/α,β-unsaturated/α-hetero) is 1. The maximum absolute atomic E-state index is 10.9. The Morgan fingerprint density at radius 3 is 2.09 bits per heavy atom. The van der Waals surface area contributed by atoms with Crippen LogP contribution in [-0.2, 0) is 9.59 Å². The average molecular weight is 159 g/mol. The standard InChI is InChI=1S/C7H13NO3/c1-4-8-7(3,5(2)9)6(10)11/h8H,4H2,1-3H3,(H,10,11). The normalized spacial score (nSPS) is 15.5. The molecule has 0 aliphatic carbocycles. The Hall–Kier alpha value is -0.900. The summed E-state index contributed by atoms with van der Waals surface area (Å²) >= 11 is 0. The van der Waals surface area contributed by atoms with Gasteiger partial charge in [0, 0.05) is 0 Å². The van der Waals surface area contributed by atoms with Gasteiger partial charge >= 0.3 is 5.97 Å². The predicted molar refractivity (Wildman–Crippen MR) is 40.4 cm³/mol. The number of hydrogen-bond acceptors (Lipinski definition) is 3. The molecule has 0 heterocycles. The third kappa shape index (κ3) is 2.01. The van der Waals surface area contributed by atoms with Crippen molar-refractivity contribution in [2.75, 3.05) is 6.54 Å². The highest BCUT2D eigenvalue weighted by Crippen LogP contribution is 2.04. The summed E-state index contributed by atoms with van der Waals surface area (Å²) in [4.78, 5) is 21.4. The molecule has 0 bridgehead atoms. The van der Waals surface area contributed by atoms with Gasteiger partial charge in [0.05, 0.1) is 0 Å². The van der Waals surface area contributed by atoms with Gasteiger partial charge in [-0.2, -0.15) is 0 Å². The van der Waals surface area contributed by atoms with E-state index in [0.29, 0.717) is 6.54 Å². The van der Waals surface area contributed by atoms with Gasteiger partial charge in [-0.1, -0.05) is 6.92 Å². The molecule has 0 amide bonds. The second-order valence-corrected chi connectivity index (χ2v) is 2.52. The lowest BCUT2D eigenvalue weighted by atomic mass is 9.98. The van der Waals surface area contributed by atoms with Gasteiger partial charge in [0.25, 0.3) is 0 Å². The Labute approximate surface area is 65.6 Å². The number of carbonyl (C=O) groups is 2. The number of hydrogen-bond donors (Lipinski definition) is 2. The summed E-state index contributed by atoms with van der Waals surface area (Å²) in [6.45, 7) is 4.84. The van der Waals surface area contributed by atoms with Gasteiger partial charge in [-0.15, -0.1) is 0 Å². The van der Waals surface area contributed by atoms with Crippen LogP contribution in [0.25, 0.3) is 0 Å². The van der Waals surface area contributed by atoms with Crippen LogP contribution in [0.3, 0.4) is 0 Å². The molecule has 4 heteroatoms. The number of carboxylic acid groups (broad SMARTS) is 1. The maximum atomic E-state index is 10.9. The van der Waals surface area contributed by atoms with E-state index in [4.69, 9.17) is 5.11 Å². The number of ketones is 1. The zero-order valence-corrected chi connectivity index (χ0v) is 6.97. The van der Waals surface area contributed by atoms with Crippen molar-refractivity contribution in [3.8, 4) is 0 Å². The summed E-state index contributed by atoms with van der Waals surface area (Å²) in [5.41, 5.74) is -1.42. The van der Waals surface area contributed by atoms with Crippen molar-refractivity contribution in [1.29, 1.82) is 0 Å². The quantitative estimate of drug-likeness (QED) is 0.568. The molecule has 0 aromatic heterocycles. The van der Waals surface area contributed by atoms with E-state index in [0.717, 1.165) is 0 Å². The zero-order chi connectivity index (χ0) is 9.07. The molecule has 0 radical (unpaired) electrons. The van der Waals surface area contributed by atoms with Crippen LogP contribution in [-0.4, -0.2) is 28.9 Å². The van der Waals surface area contributed by atoms with E-state index in [9.17, 15) is 9.59 Å². The highest BCUT2D eigenvalue weighted by atomic mass is 16.4. The van der Waals surface area contributed by atoms with Crippen LogP contribution >= 0.6 is 0 Å². The minimum absolute atomic E-state index is 0.383. The molecule has 0 aromatic rings. The van der Waals surface area contributed by atoms with E-state index < -0.39 is 11.5 Å². The Balaban J connectivity index is 4.52. The maximum Gasteiger partial charge on any atom is 0.331 e. The lowest BCUT2D eigenvalue weighted by Gasteiger charge is -2.21. The van der Waals surface area contributed by atoms with Crippen LogP contribution in [0.4, 0.5) is 0 Å². The van der Waals surface area contributed by atoms with Crippen molar-refractivity contribution in [2.45, 2.75) is 26.3 Å². The molecule has 0 aromatic carbocycles. The summed E-state index contributed by atoms with van der Waals surface area (Å²) in [6.07, 6.45) is 0. The van der Waals surface area contributed by atoms with Gasteiger partial charge in [0.2, 0.25) is 0 Å². The van der Waals surface area contributed by atoms with E-state index >= 15 is 0 Å². The Morgan fingerprint density at radius 1 is 1.55 bits per heavy atom. The molecule has 11 heavy (non-hydrogen) atoms. The van der Waals surface area contributed by atoms with Crippen molar-refractivity contribution >= 4 is 11.8 Å². The lowest BCUT2D eigenvalue weighted by Crippen LogP contribution is -2.54. The first-order chi connectivity index (χ1) is 4.95. The molecule has 1 unspecified atom stereocenters. The number of aliphatic carboxylic acids is 1. The van der Waals surface area contributed by atoms with Gasteiger partial charge < -0.3 is 5.11 Å². The van der Waals surface area contributed by atoms with Crippen LogP contribution in [0, 0.1) is 0 Å². The van der Waals surface area contributed by atoms with Crippen LogP contribution in [0.15, 0.2) is 0 Å². The van der Waals surface area contributed by atoms with Gasteiger partial charge in [0.15, 0.2) is 11.3 Å². The molecule has 0 aliphatic heterocycles. The Kier molecular flexibility index (Phi) is 3.19. The first kappa shape index (κ1) is 10.1. The zero-order valence-electron chi connectivity index (χ0n) is 6.97. The SMILES string of the molecule is CCNC(C)(C(C)=O)C(=O)O. The van der Waals surface area contributed by atoms with Crippen molar-refractivity contribution in [3.05, 3.63) is 0 Å². The lowest BCUT2D eigenvalue weighted by molar-refractivity contribution is -0.148. The number of carbonyl (C=O) groups excluding carboxylic acids is 1. The Bertz CT molecular complexity index is 163. The highest BCUT2D eigenvalue weighted by molar-refractivity contribution is 6.06. The van der Waals surface area contributed by atoms with Crippen molar-refractivity contribution < 1.29 is 14.7 Å². The molecular formula is C7H13NO3. The Morgan fingerprint density at radius 2 is 2.00 bits per heavy atom. The molecule has 4 nitrogen and oxygen atoms in total. The number of likely N-dealkylation sites (N-methyl/N-ethyl adjacent to an activating group) is 1. The van der Waals surface area contributed by atoms with E-state index in [-0.39, 0.29) is 5.78 Å². The largest absolute Gasteiger partial charge is 0.480 e.